The minimum atomic E-state index is -0.671. The van der Waals surface area contributed by atoms with E-state index in [1.165, 1.54) is 5.56 Å². The van der Waals surface area contributed by atoms with Crippen molar-refractivity contribution < 1.29 is 13.9 Å². The normalized spacial score (nSPS) is 13.8. The quantitative estimate of drug-likeness (QED) is 0.455. The molecule has 1 atom stereocenters. The first-order valence-electron chi connectivity index (χ1n) is 10.7. The van der Waals surface area contributed by atoms with Crippen molar-refractivity contribution in [2.45, 2.75) is 26.4 Å². The molecule has 1 aliphatic rings. The minimum absolute atomic E-state index is 0.0840. The van der Waals surface area contributed by atoms with E-state index < -0.39 is 6.10 Å². The smallest absolute Gasteiger partial charge is 0.267 e. The first kappa shape index (κ1) is 20.1. The van der Waals surface area contributed by atoms with E-state index in [0.29, 0.717) is 34.6 Å². The fraction of sp³-hybridized carbons (Fsp3) is 0.185. The lowest BCUT2D eigenvalue weighted by Gasteiger charge is -2.22. The number of nitrogens with zero attached hydrogens (tertiary/aromatic N) is 1. The van der Waals surface area contributed by atoms with E-state index in [4.69, 9.17) is 9.15 Å². The largest absolute Gasteiger partial charge is 0.481 e. The Morgan fingerprint density at radius 3 is 2.59 bits per heavy atom. The number of benzene rings is 3. The molecule has 0 saturated carbocycles. The van der Waals surface area contributed by atoms with Crippen LogP contribution in [0.1, 0.15) is 18.2 Å². The van der Waals surface area contributed by atoms with E-state index in [1.54, 1.807) is 36.9 Å². The maximum atomic E-state index is 13.1. The van der Waals surface area contributed by atoms with Crippen LogP contribution in [0.5, 0.6) is 5.75 Å². The second kappa shape index (κ2) is 8.00. The van der Waals surface area contributed by atoms with Crippen molar-refractivity contribution in [3.63, 3.8) is 0 Å². The molecule has 2 heterocycles. The fourth-order valence-electron chi connectivity index (χ4n) is 4.34. The highest BCUT2D eigenvalue weighted by Crippen LogP contribution is 2.30. The van der Waals surface area contributed by atoms with Crippen molar-refractivity contribution in [3.8, 4) is 16.9 Å². The molecule has 0 radical (unpaired) electrons. The average Bonchev–Trinajstić information content (AvgIpc) is 3.23. The zero-order chi connectivity index (χ0) is 22.2. The molecule has 0 saturated heterocycles. The van der Waals surface area contributed by atoms with Crippen LogP contribution in [0.3, 0.4) is 0 Å². The van der Waals surface area contributed by atoms with Gasteiger partial charge in [-0.15, -0.1) is 0 Å². The molecule has 32 heavy (non-hydrogen) atoms. The summed E-state index contributed by atoms with van der Waals surface area (Å²) in [6, 6.07) is 22.5. The summed E-state index contributed by atoms with van der Waals surface area (Å²) in [5.74, 6) is 0.941. The van der Waals surface area contributed by atoms with Crippen molar-refractivity contribution in [2.75, 3.05) is 11.4 Å². The van der Waals surface area contributed by atoms with E-state index in [-0.39, 0.29) is 11.3 Å². The van der Waals surface area contributed by atoms with Crippen molar-refractivity contribution in [3.05, 3.63) is 94.3 Å². The van der Waals surface area contributed by atoms with Crippen LogP contribution in [0, 0.1) is 6.92 Å². The van der Waals surface area contributed by atoms with Gasteiger partial charge in [0.2, 0.25) is 5.43 Å². The van der Waals surface area contributed by atoms with E-state index in [2.05, 4.69) is 0 Å². The molecular weight excluding hydrogens is 402 g/mol. The SMILES string of the molecule is Cc1oc2cc(OC(C)C(=O)N3CCc4ccccc43)ccc2c(=O)c1-c1ccccc1. The molecule has 1 unspecified atom stereocenters. The van der Waals surface area contributed by atoms with Crippen molar-refractivity contribution in [1.82, 2.24) is 0 Å². The Bertz CT molecular complexity index is 1370. The van der Waals surface area contributed by atoms with Crippen molar-refractivity contribution in [2.24, 2.45) is 0 Å². The summed E-state index contributed by atoms with van der Waals surface area (Å²) in [6.45, 7) is 4.18. The number of carbonyl (C=O) groups is 1. The third-order valence-corrected chi connectivity index (χ3v) is 5.92. The minimum Gasteiger partial charge on any atom is -0.481 e. The van der Waals surface area contributed by atoms with Crippen LogP contribution in [0.2, 0.25) is 0 Å². The average molecular weight is 425 g/mol. The summed E-state index contributed by atoms with van der Waals surface area (Å²) < 4.78 is 11.9. The lowest BCUT2D eigenvalue weighted by atomic mass is 10.0. The van der Waals surface area contributed by atoms with E-state index in [9.17, 15) is 9.59 Å². The number of hydrogen-bond donors (Lipinski definition) is 0. The Balaban J connectivity index is 1.42. The van der Waals surface area contributed by atoms with Crippen LogP contribution in [0.25, 0.3) is 22.1 Å². The van der Waals surface area contributed by atoms with Crippen LogP contribution in [0.15, 0.2) is 82.0 Å². The van der Waals surface area contributed by atoms with Crippen molar-refractivity contribution in [1.29, 1.82) is 0 Å². The Hall–Kier alpha value is -3.86. The molecule has 0 N–H and O–H groups in total. The number of aryl methyl sites for hydroxylation is 1. The Kier molecular flexibility index (Phi) is 5.02. The molecule has 0 fully saturated rings. The lowest BCUT2D eigenvalue weighted by molar-refractivity contribution is -0.124. The number of fused-ring (bicyclic) bond motifs is 2. The molecule has 160 valence electrons. The van der Waals surface area contributed by atoms with Gasteiger partial charge in [0.25, 0.3) is 5.91 Å². The third-order valence-electron chi connectivity index (χ3n) is 5.92. The number of para-hydroxylation sites is 1. The van der Waals surface area contributed by atoms with Gasteiger partial charge in [-0.3, -0.25) is 9.59 Å². The summed E-state index contributed by atoms with van der Waals surface area (Å²) in [4.78, 5) is 27.9. The number of ether oxygens (including phenoxy) is 1. The molecule has 5 nitrogen and oxygen atoms in total. The van der Waals surface area contributed by atoms with Crippen LogP contribution < -0.4 is 15.1 Å². The van der Waals surface area contributed by atoms with Gasteiger partial charge in [0.1, 0.15) is 17.1 Å². The number of rotatable bonds is 4. The highest BCUT2D eigenvalue weighted by atomic mass is 16.5. The molecule has 3 aromatic carbocycles. The third kappa shape index (κ3) is 3.46. The summed E-state index contributed by atoms with van der Waals surface area (Å²) in [5.41, 5.74) is 3.86. The van der Waals surface area contributed by atoms with Crippen LogP contribution in [0.4, 0.5) is 5.69 Å². The fourth-order valence-corrected chi connectivity index (χ4v) is 4.34. The number of anilines is 1. The number of amides is 1. The highest BCUT2D eigenvalue weighted by Gasteiger charge is 2.29. The molecule has 4 aromatic rings. The molecule has 1 amide bonds. The predicted octanol–water partition coefficient (Wildman–Crippen LogP) is 5.13. The molecule has 5 heteroatoms. The summed E-state index contributed by atoms with van der Waals surface area (Å²) in [7, 11) is 0. The summed E-state index contributed by atoms with van der Waals surface area (Å²) in [6.07, 6.45) is 0.175. The van der Waals surface area contributed by atoms with Gasteiger partial charge in [-0.1, -0.05) is 48.5 Å². The maximum Gasteiger partial charge on any atom is 0.267 e. The van der Waals surface area contributed by atoms with Crippen LogP contribution in [-0.4, -0.2) is 18.6 Å². The summed E-state index contributed by atoms with van der Waals surface area (Å²) >= 11 is 0. The zero-order valence-electron chi connectivity index (χ0n) is 18.0. The second-order valence-electron chi connectivity index (χ2n) is 8.02. The predicted molar refractivity (Wildman–Crippen MR) is 125 cm³/mol. The van der Waals surface area contributed by atoms with Gasteiger partial charge in [-0.25, -0.2) is 0 Å². The highest BCUT2D eigenvalue weighted by molar-refractivity contribution is 5.98. The van der Waals surface area contributed by atoms with E-state index in [0.717, 1.165) is 17.7 Å². The first-order valence-corrected chi connectivity index (χ1v) is 10.7. The molecule has 1 aliphatic heterocycles. The number of hydrogen-bond acceptors (Lipinski definition) is 4. The monoisotopic (exact) mass is 425 g/mol. The van der Waals surface area contributed by atoms with Gasteiger partial charge in [0, 0.05) is 18.3 Å². The number of carbonyl (C=O) groups excluding carboxylic acids is 1. The van der Waals surface area contributed by atoms with Crippen molar-refractivity contribution >= 4 is 22.6 Å². The van der Waals surface area contributed by atoms with Gasteiger partial charge in [0.15, 0.2) is 6.10 Å². The van der Waals surface area contributed by atoms with E-state index >= 15 is 0 Å². The standard InChI is InChI=1S/C27H23NO4/c1-17-25(20-9-4-3-5-10-20)26(29)22-13-12-21(16-24(22)32-17)31-18(2)27(30)28-15-14-19-8-6-7-11-23(19)28/h3-13,16,18H,14-15H2,1-2H3. The van der Waals surface area contributed by atoms with Gasteiger partial charge in [-0.05, 0) is 49.6 Å². The van der Waals surface area contributed by atoms with Crippen LogP contribution >= 0.6 is 0 Å². The van der Waals surface area contributed by atoms with Gasteiger partial charge >= 0.3 is 0 Å². The summed E-state index contributed by atoms with van der Waals surface area (Å²) in [5, 5.41) is 0.481. The van der Waals surface area contributed by atoms with Gasteiger partial charge in [-0.2, -0.15) is 0 Å². The molecule has 0 aliphatic carbocycles. The maximum absolute atomic E-state index is 13.1. The Labute approximate surface area is 185 Å². The topological polar surface area (TPSA) is 59.8 Å². The first-order chi connectivity index (χ1) is 15.5. The zero-order valence-corrected chi connectivity index (χ0v) is 18.0. The molecule has 0 bridgehead atoms. The Morgan fingerprint density at radius 1 is 1.03 bits per heavy atom. The second-order valence-corrected chi connectivity index (χ2v) is 8.02. The van der Waals surface area contributed by atoms with Gasteiger partial charge < -0.3 is 14.1 Å². The molecular formula is C27H23NO4. The van der Waals surface area contributed by atoms with E-state index in [1.807, 2.05) is 54.6 Å². The molecule has 0 spiro atoms. The van der Waals surface area contributed by atoms with Crippen LogP contribution in [-0.2, 0) is 11.2 Å². The molecule has 5 rings (SSSR count). The molecule has 1 aromatic heterocycles. The Morgan fingerprint density at radius 2 is 1.78 bits per heavy atom. The van der Waals surface area contributed by atoms with Gasteiger partial charge in [0.05, 0.1) is 10.9 Å². The lowest BCUT2D eigenvalue weighted by Crippen LogP contribution is -2.39.